The molecule has 0 aliphatic rings. The van der Waals surface area contributed by atoms with Gasteiger partial charge >= 0.3 is 6.18 Å². The number of benzene rings is 2. The molecule has 10 heteroatoms. The van der Waals surface area contributed by atoms with Gasteiger partial charge in [-0.15, -0.1) is 10.2 Å². The Morgan fingerprint density at radius 1 is 1.00 bits per heavy atom. The smallest absolute Gasteiger partial charge is 0.406 e. The summed E-state index contributed by atoms with van der Waals surface area (Å²) in [6.07, 6.45) is -2.93. The minimum atomic E-state index is -4.38. The van der Waals surface area contributed by atoms with Gasteiger partial charge in [-0.1, -0.05) is 64.1 Å². The molecular formula is C20H14BrF3N4OS. The Kier molecular flexibility index (Phi) is 5.96. The summed E-state index contributed by atoms with van der Waals surface area (Å²) in [6.45, 7) is -1.13. The maximum atomic E-state index is 13.2. The third-order valence-electron chi connectivity index (χ3n) is 4.09. The van der Waals surface area contributed by atoms with Crippen LogP contribution in [-0.4, -0.2) is 25.9 Å². The van der Waals surface area contributed by atoms with Gasteiger partial charge in [0.2, 0.25) is 11.8 Å². The van der Waals surface area contributed by atoms with Crippen LogP contribution in [0.1, 0.15) is 5.89 Å². The van der Waals surface area contributed by atoms with Crippen molar-refractivity contribution in [3.8, 4) is 22.7 Å². The molecule has 0 fully saturated rings. The Bertz CT molecular complexity index is 1140. The molecule has 0 atom stereocenters. The number of thioether (sulfide) groups is 1. The first-order valence-corrected chi connectivity index (χ1v) is 10.6. The Hall–Kier alpha value is -2.59. The van der Waals surface area contributed by atoms with Crippen LogP contribution < -0.4 is 0 Å². The molecule has 2 heterocycles. The molecule has 0 aliphatic carbocycles. The van der Waals surface area contributed by atoms with Crippen LogP contribution >= 0.6 is 27.7 Å². The lowest BCUT2D eigenvalue weighted by Crippen LogP contribution is -2.19. The van der Waals surface area contributed by atoms with Gasteiger partial charge in [0, 0.05) is 10.0 Å². The minimum Gasteiger partial charge on any atom is -0.420 e. The van der Waals surface area contributed by atoms with Crippen LogP contribution in [0.15, 0.2) is 74.8 Å². The third kappa shape index (κ3) is 4.93. The van der Waals surface area contributed by atoms with Crippen molar-refractivity contribution in [2.75, 3.05) is 0 Å². The van der Waals surface area contributed by atoms with E-state index in [1.54, 1.807) is 24.3 Å². The maximum absolute atomic E-state index is 13.2. The fourth-order valence-electron chi connectivity index (χ4n) is 2.82. The van der Waals surface area contributed by atoms with Gasteiger partial charge in [0.15, 0.2) is 5.16 Å². The summed E-state index contributed by atoms with van der Waals surface area (Å²) < 4.78 is 47.2. The number of hydrogen-bond donors (Lipinski definition) is 0. The van der Waals surface area contributed by atoms with Crippen LogP contribution in [-0.2, 0) is 12.3 Å². The lowest BCUT2D eigenvalue weighted by Gasteiger charge is -2.13. The van der Waals surface area contributed by atoms with Crippen molar-refractivity contribution in [2.24, 2.45) is 0 Å². The molecule has 154 valence electrons. The van der Waals surface area contributed by atoms with Crippen molar-refractivity contribution in [3.63, 3.8) is 0 Å². The van der Waals surface area contributed by atoms with E-state index < -0.39 is 12.7 Å². The fourth-order valence-corrected chi connectivity index (χ4v) is 4.04. The van der Waals surface area contributed by atoms with Gasteiger partial charge in [0.25, 0.3) is 0 Å². The average Bonchev–Trinajstić information content (AvgIpc) is 3.33. The van der Waals surface area contributed by atoms with Crippen molar-refractivity contribution < 1.29 is 17.6 Å². The van der Waals surface area contributed by atoms with E-state index in [4.69, 9.17) is 4.42 Å². The number of halogens is 4. The molecule has 0 bridgehead atoms. The van der Waals surface area contributed by atoms with Crippen LogP contribution in [0.25, 0.3) is 22.7 Å². The fraction of sp³-hybridized carbons (Fsp3) is 0.150. The number of imidazole rings is 1. The lowest BCUT2D eigenvalue weighted by atomic mass is 10.2. The van der Waals surface area contributed by atoms with E-state index in [-0.39, 0.29) is 10.9 Å². The molecule has 0 amide bonds. The second-order valence-electron chi connectivity index (χ2n) is 6.29. The summed E-state index contributed by atoms with van der Waals surface area (Å²) in [4.78, 5) is 4.20. The summed E-state index contributed by atoms with van der Waals surface area (Å²) in [5.41, 5.74) is 1.81. The minimum absolute atomic E-state index is 0.199. The van der Waals surface area contributed by atoms with Crippen LogP contribution in [0.3, 0.4) is 0 Å². The maximum Gasteiger partial charge on any atom is 0.406 e. The lowest BCUT2D eigenvalue weighted by molar-refractivity contribution is -0.141. The second-order valence-corrected chi connectivity index (χ2v) is 8.15. The first-order chi connectivity index (χ1) is 14.4. The quantitative estimate of drug-likeness (QED) is 0.298. The van der Waals surface area contributed by atoms with Crippen molar-refractivity contribution in [1.29, 1.82) is 0 Å². The molecule has 0 saturated heterocycles. The zero-order chi connectivity index (χ0) is 21.1. The Labute approximate surface area is 182 Å². The molecule has 30 heavy (non-hydrogen) atoms. The molecule has 4 aromatic rings. The van der Waals surface area contributed by atoms with E-state index in [1.165, 1.54) is 6.20 Å². The average molecular weight is 495 g/mol. The zero-order valence-electron chi connectivity index (χ0n) is 15.3. The molecule has 0 unspecified atom stereocenters. The van der Waals surface area contributed by atoms with E-state index in [2.05, 4.69) is 31.1 Å². The predicted molar refractivity (Wildman–Crippen MR) is 111 cm³/mol. The van der Waals surface area contributed by atoms with Crippen molar-refractivity contribution in [1.82, 2.24) is 19.7 Å². The summed E-state index contributed by atoms with van der Waals surface area (Å²) in [6, 6.07) is 16.2. The van der Waals surface area contributed by atoms with Gasteiger partial charge in [-0.2, -0.15) is 13.2 Å². The van der Waals surface area contributed by atoms with Crippen LogP contribution in [0, 0.1) is 0 Å². The van der Waals surface area contributed by atoms with Gasteiger partial charge in [-0.05, 0) is 23.8 Å². The monoisotopic (exact) mass is 494 g/mol. The van der Waals surface area contributed by atoms with Gasteiger partial charge in [-0.3, -0.25) is 0 Å². The van der Waals surface area contributed by atoms with Crippen LogP contribution in [0.5, 0.6) is 0 Å². The number of aromatic nitrogens is 4. The Morgan fingerprint density at radius 3 is 2.50 bits per heavy atom. The number of nitrogens with zero attached hydrogens (tertiary/aromatic N) is 4. The largest absolute Gasteiger partial charge is 0.420 e. The van der Waals surface area contributed by atoms with Gasteiger partial charge in [0.1, 0.15) is 6.54 Å². The van der Waals surface area contributed by atoms with Gasteiger partial charge < -0.3 is 8.98 Å². The van der Waals surface area contributed by atoms with E-state index in [9.17, 15) is 13.2 Å². The molecule has 0 spiro atoms. The zero-order valence-corrected chi connectivity index (χ0v) is 17.7. The number of alkyl halides is 3. The molecule has 0 saturated carbocycles. The first-order valence-electron chi connectivity index (χ1n) is 8.78. The van der Waals surface area contributed by atoms with E-state index in [0.29, 0.717) is 23.0 Å². The highest BCUT2D eigenvalue weighted by Crippen LogP contribution is 2.31. The molecular weight excluding hydrogens is 481 g/mol. The van der Waals surface area contributed by atoms with Crippen molar-refractivity contribution >= 4 is 27.7 Å². The van der Waals surface area contributed by atoms with Gasteiger partial charge in [0.05, 0.1) is 17.6 Å². The summed E-state index contributed by atoms with van der Waals surface area (Å²) >= 11 is 4.50. The predicted octanol–water partition coefficient (Wildman–Crippen LogP) is 6.22. The normalized spacial score (nSPS) is 11.7. The number of rotatable bonds is 6. The highest BCUT2D eigenvalue weighted by Gasteiger charge is 2.31. The Balaban J connectivity index is 1.56. The third-order valence-corrected chi connectivity index (χ3v) is 5.56. The van der Waals surface area contributed by atoms with Crippen LogP contribution in [0.2, 0.25) is 0 Å². The Morgan fingerprint density at radius 2 is 1.77 bits per heavy atom. The van der Waals surface area contributed by atoms with E-state index >= 15 is 0 Å². The molecule has 0 aliphatic heterocycles. The topological polar surface area (TPSA) is 56.7 Å². The van der Waals surface area contributed by atoms with Gasteiger partial charge in [-0.25, -0.2) is 4.98 Å². The van der Waals surface area contributed by atoms with E-state index in [0.717, 1.165) is 26.4 Å². The van der Waals surface area contributed by atoms with Crippen LogP contribution in [0.4, 0.5) is 13.2 Å². The summed E-state index contributed by atoms with van der Waals surface area (Å²) in [7, 11) is 0. The number of hydrogen-bond acceptors (Lipinski definition) is 5. The SMILES string of the molecule is FC(F)(F)Cn1c(-c2ccccc2)cnc1SCc1nnc(-c2cccc(Br)c2)o1. The molecule has 5 nitrogen and oxygen atoms in total. The molecule has 4 rings (SSSR count). The molecule has 2 aromatic heterocycles. The van der Waals surface area contributed by atoms with Crippen molar-refractivity contribution in [2.45, 2.75) is 23.6 Å². The highest BCUT2D eigenvalue weighted by molar-refractivity contribution is 9.10. The molecule has 0 N–H and O–H groups in total. The van der Waals surface area contributed by atoms with Crippen molar-refractivity contribution in [3.05, 3.63) is 71.2 Å². The molecule has 0 radical (unpaired) electrons. The highest BCUT2D eigenvalue weighted by atomic mass is 79.9. The van der Waals surface area contributed by atoms with E-state index in [1.807, 2.05) is 30.3 Å². The standard InChI is InChI=1S/C20H14BrF3N4OS/c21-15-8-4-7-14(9-15)18-27-26-17(29-18)11-30-19-25-10-16(13-5-2-1-3-6-13)28(19)12-20(22,23)24/h1-10H,11-12H2. The summed E-state index contributed by atoms with van der Waals surface area (Å²) in [5.74, 6) is 0.845. The second kappa shape index (κ2) is 8.65. The first kappa shape index (κ1) is 20.7. The molecule has 2 aromatic carbocycles. The summed E-state index contributed by atoms with van der Waals surface area (Å²) in [5, 5.41) is 8.24.